The van der Waals surface area contributed by atoms with Crippen LogP contribution in [0.5, 0.6) is 0 Å². The molecule has 1 aliphatic heterocycles. The average molecular weight is 246 g/mol. The Morgan fingerprint density at radius 1 is 1.65 bits per heavy atom. The molecule has 1 saturated heterocycles. The van der Waals surface area contributed by atoms with Gasteiger partial charge < -0.3 is 25.2 Å². The summed E-state index contributed by atoms with van der Waals surface area (Å²) in [6, 6.07) is 0. The van der Waals surface area contributed by atoms with E-state index in [9.17, 15) is 9.59 Å². The molecule has 0 radical (unpaired) electrons. The van der Waals surface area contributed by atoms with Gasteiger partial charge in [-0.05, 0) is 0 Å². The van der Waals surface area contributed by atoms with Crippen LogP contribution in [0.1, 0.15) is 6.42 Å². The Morgan fingerprint density at radius 2 is 2.41 bits per heavy atom. The number of hydrogen-bond acceptors (Lipinski definition) is 5. The number of morpholine rings is 1. The second-order valence-corrected chi connectivity index (χ2v) is 3.76. The summed E-state index contributed by atoms with van der Waals surface area (Å²) < 4.78 is 10.2. The molecule has 0 aromatic rings. The van der Waals surface area contributed by atoms with Crippen LogP contribution < -0.4 is 10.6 Å². The molecule has 3 N–H and O–H groups in total. The highest BCUT2D eigenvalue weighted by atomic mass is 16.5. The van der Waals surface area contributed by atoms with Crippen molar-refractivity contribution in [3.05, 3.63) is 0 Å². The largest absolute Gasteiger partial charge is 0.481 e. The fourth-order valence-corrected chi connectivity index (χ4v) is 1.50. The third-order valence-electron chi connectivity index (χ3n) is 2.46. The zero-order valence-corrected chi connectivity index (χ0v) is 9.77. The first-order chi connectivity index (χ1) is 8.13. The lowest BCUT2D eigenvalue weighted by molar-refractivity contribution is -0.141. The lowest BCUT2D eigenvalue weighted by Crippen LogP contribution is -2.49. The van der Waals surface area contributed by atoms with Crippen molar-refractivity contribution < 1.29 is 24.2 Å². The maximum absolute atomic E-state index is 11.6. The maximum Gasteiger partial charge on any atom is 0.306 e. The Balaban J connectivity index is 2.27. The van der Waals surface area contributed by atoms with Gasteiger partial charge in [-0.3, -0.25) is 9.59 Å². The van der Waals surface area contributed by atoms with Crippen LogP contribution in [0, 0.1) is 0 Å². The van der Waals surface area contributed by atoms with Crippen LogP contribution in [-0.2, 0) is 19.1 Å². The molecular weight excluding hydrogens is 228 g/mol. The van der Waals surface area contributed by atoms with Crippen molar-refractivity contribution in [1.82, 2.24) is 10.6 Å². The molecule has 0 aliphatic carbocycles. The Labute approximate surface area is 99.5 Å². The van der Waals surface area contributed by atoms with Gasteiger partial charge in [0.2, 0.25) is 0 Å². The average Bonchev–Trinajstić information content (AvgIpc) is 2.34. The first kappa shape index (κ1) is 13.9. The van der Waals surface area contributed by atoms with Gasteiger partial charge in [-0.1, -0.05) is 0 Å². The second-order valence-electron chi connectivity index (χ2n) is 3.76. The fraction of sp³-hybridized carbons (Fsp3) is 0.800. The molecule has 1 amide bonds. The Bertz CT molecular complexity index is 265. The summed E-state index contributed by atoms with van der Waals surface area (Å²) >= 11 is 0. The number of carboxylic acids is 1. The van der Waals surface area contributed by atoms with Crippen LogP contribution in [-0.4, -0.2) is 62.5 Å². The molecule has 7 nitrogen and oxygen atoms in total. The lowest BCUT2D eigenvalue weighted by atomic mass is 10.2. The third kappa shape index (κ3) is 5.12. The van der Waals surface area contributed by atoms with Crippen molar-refractivity contribution in [2.75, 3.05) is 33.4 Å². The molecule has 1 rings (SSSR count). The van der Waals surface area contributed by atoms with E-state index < -0.39 is 18.2 Å². The first-order valence-electron chi connectivity index (χ1n) is 5.48. The highest BCUT2D eigenvalue weighted by Gasteiger charge is 2.22. The number of aliphatic carboxylic acids is 1. The Kier molecular flexibility index (Phi) is 5.88. The third-order valence-corrected chi connectivity index (χ3v) is 2.46. The van der Waals surface area contributed by atoms with Crippen molar-refractivity contribution in [2.24, 2.45) is 0 Å². The van der Waals surface area contributed by atoms with Crippen LogP contribution in [0.15, 0.2) is 0 Å². The van der Waals surface area contributed by atoms with Gasteiger partial charge in [-0.25, -0.2) is 0 Å². The van der Waals surface area contributed by atoms with E-state index in [4.69, 9.17) is 14.6 Å². The van der Waals surface area contributed by atoms with E-state index in [1.807, 2.05) is 0 Å². The van der Waals surface area contributed by atoms with E-state index in [-0.39, 0.29) is 18.9 Å². The minimum Gasteiger partial charge on any atom is -0.481 e. The quantitative estimate of drug-likeness (QED) is 0.532. The standard InChI is InChI=1S/C10H18N2O5/c1-16-7(4-9(13)14)5-12-10(15)8-6-11-2-3-17-8/h7-8,11H,2-6H2,1H3,(H,12,15)(H,13,14). The van der Waals surface area contributed by atoms with Crippen LogP contribution in [0.4, 0.5) is 0 Å². The summed E-state index contributed by atoms with van der Waals surface area (Å²) in [7, 11) is 1.42. The number of methoxy groups -OCH3 is 1. The van der Waals surface area contributed by atoms with E-state index in [1.54, 1.807) is 0 Å². The van der Waals surface area contributed by atoms with Gasteiger partial charge >= 0.3 is 5.97 Å². The number of rotatable bonds is 6. The molecule has 1 aliphatic rings. The molecule has 0 spiro atoms. The monoisotopic (exact) mass is 246 g/mol. The van der Waals surface area contributed by atoms with Gasteiger partial charge in [-0.2, -0.15) is 0 Å². The molecule has 7 heteroatoms. The van der Waals surface area contributed by atoms with Gasteiger partial charge in [0.1, 0.15) is 6.10 Å². The molecule has 98 valence electrons. The highest BCUT2D eigenvalue weighted by Crippen LogP contribution is 1.98. The van der Waals surface area contributed by atoms with Crippen LogP contribution in [0.25, 0.3) is 0 Å². The second kappa shape index (κ2) is 7.21. The Hall–Kier alpha value is -1.18. The maximum atomic E-state index is 11.6. The van der Waals surface area contributed by atoms with Crippen LogP contribution in [0.2, 0.25) is 0 Å². The number of ether oxygens (including phenoxy) is 2. The van der Waals surface area contributed by atoms with Crippen LogP contribution >= 0.6 is 0 Å². The van der Waals surface area contributed by atoms with E-state index in [1.165, 1.54) is 7.11 Å². The topological polar surface area (TPSA) is 96.9 Å². The van der Waals surface area contributed by atoms with Crippen molar-refractivity contribution in [1.29, 1.82) is 0 Å². The minimum atomic E-state index is -0.957. The zero-order valence-electron chi connectivity index (χ0n) is 9.77. The molecule has 17 heavy (non-hydrogen) atoms. The predicted molar refractivity (Wildman–Crippen MR) is 58.7 cm³/mol. The van der Waals surface area contributed by atoms with Crippen LogP contribution in [0.3, 0.4) is 0 Å². The summed E-state index contributed by atoms with van der Waals surface area (Å²) in [4.78, 5) is 22.1. The summed E-state index contributed by atoms with van der Waals surface area (Å²) in [5.41, 5.74) is 0. The van der Waals surface area contributed by atoms with Gasteiger partial charge in [0.15, 0.2) is 0 Å². The lowest BCUT2D eigenvalue weighted by Gasteiger charge is -2.23. The molecule has 1 heterocycles. The SMILES string of the molecule is COC(CNC(=O)C1CNCCO1)CC(=O)O. The Morgan fingerprint density at radius 3 is 2.94 bits per heavy atom. The summed E-state index contributed by atoms with van der Waals surface area (Å²) in [6.07, 6.45) is -1.17. The van der Waals surface area contributed by atoms with Gasteiger partial charge in [0.25, 0.3) is 5.91 Å². The van der Waals surface area contributed by atoms with Gasteiger partial charge in [0.05, 0.1) is 19.1 Å². The minimum absolute atomic E-state index is 0.138. The van der Waals surface area contributed by atoms with E-state index in [2.05, 4.69) is 10.6 Å². The summed E-state index contributed by atoms with van der Waals surface area (Å²) in [6.45, 7) is 1.88. The van der Waals surface area contributed by atoms with Crippen molar-refractivity contribution in [3.63, 3.8) is 0 Å². The molecule has 0 bridgehead atoms. The fourth-order valence-electron chi connectivity index (χ4n) is 1.50. The number of carbonyl (C=O) groups excluding carboxylic acids is 1. The summed E-state index contributed by atoms with van der Waals surface area (Å²) in [5, 5.41) is 14.3. The normalized spacial score (nSPS) is 21.8. The number of nitrogens with one attached hydrogen (secondary N) is 2. The summed E-state index contributed by atoms with van der Waals surface area (Å²) in [5.74, 6) is -1.20. The van der Waals surface area contributed by atoms with E-state index in [0.29, 0.717) is 13.2 Å². The van der Waals surface area contributed by atoms with Crippen molar-refractivity contribution in [2.45, 2.75) is 18.6 Å². The molecular formula is C10H18N2O5. The number of amides is 1. The van der Waals surface area contributed by atoms with Gasteiger partial charge in [-0.15, -0.1) is 0 Å². The molecule has 1 fully saturated rings. The molecule has 0 aromatic heterocycles. The molecule has 0 saturated carbocycles. The molecule has 0 aromatic carbocycles. The van der Waals surface area contributed by atoms with Crippen molar-refractivity contribution in [3.8, 4) is 0 Å². The smallest absolute Gasteiger partial charge is 0.306 e. The molecule has 2 atom stereocenters. The highest BCUT2D eigenvalue weighted by molar-refractivity contribution is 5.81. The van der Waals surface area contributed by atoms with E-state index >= 15 is 0 Å². The first-order valence-corrected chi connectivity index (χ1v) is 5.48. The van der Waals surface area contributed by atoms with Gasteiger partial charge in [0, 0.05) is 26.7 Å². The van der Waals surface area contributed by atoms with Crippen molar-refractivity contribution >= 4 is 11.9 Å². The number of carboxylic acid groups (broad SMARTS) is 1. The zero-order chi connectivity index (χ0) is 12.7. The van der Waals surface area contributed by atoms with E-state index in [0.717, 1.165) is 6.54 Å². The predicted octanol–water partition coefficient (Wildman–Crippen LogP) is -1.42. The number of hydrogen-bond donors (Lipinski definition) is 3. The molecule has 2 unspecified atom stereocenters. The number of carbonyl (C=O) groups is 2.